The van der Waals surface area contributed by atoms with E-state index in [4.69, 9.17) is 0 Å². The van der Waals surface area contributed by atoms with Crippen LogP contribution in [0, 0.1) is 0 Å². The van der Waals surface area contributed by atoms with Gasteiger partial charge < -0.3 is 5.32 Å². The number of rotatable bonds is 3. The fourth-order valence-corrected chi connectivity index (χ4v) is 3.64. The molecular weight excluding hydrogens is 196 g/mol. The van der Waals surface area contributed by atoms with Gasteiger partial charge in [-0.15, -0.1) is 0 Å². The van der Waals surface area contributed by atoms with Crippen molar-refractivity contribution in [1.29, 1.82) is 0 Å². The van der Waals surface area contributed by atoms with E-state index in [-0.39, 0.29) is 0 Å². The Morgan fingerprint density at radius 2 is 1.75 bits per heavy atom. The predicted octanol–water partition coefficient (Wildman–Crippen LogP) is 2.54. The largest absolute Gasteiger partial charge is 0.310 e. The summed E-state index contributed by atoms with van der Waals surface area (Å²) >= 11 is 0. The molecule has 0 aromatic rings. The maximum Gasteiger partial charge on any atom is 0.0198 e. The number of piperidine rings is 1. The number of nitrogens with one attached hydrogen (secondary N) is 1. The van der Waals surface area contributed by atoms with E-state index >= 15 is 0 Å². The van der Waals surface area contributed by atoms with Crippen LogP contribution < -0.4 is 5.32 Å². The highest BCUT2D eigenvalue weighted by molar-refractivity contribution is 4.96. The van der Waals surface area contributed by atoms with Gasteiger partial charge in [-0.3, -0.25) is 4.90 Å². The smallest absolute Gasteiger partial charge is 0.0198 e. The van der Waals surface area contributed by atoms with Gasteiger partial charge in [-0.1, -0.05) is 12.8 Å². The molecule has 2 heteroatoms. The molecule has 92 valence electrons. The lowest BCUT2D eigenvalue weighted by atomic mass is 9.93. The normalized spacial score (nSPS) is 35.4. The summed E-state index contributed by atoms with van der Waals surface area (Å²) in [5.74, 6) is 0. The van der Waals surface area contributed by atoms with Crippen LogP contribution in [0.5, 0.6) is 0 Å². The topological polar surface area (TPSA) is 15.3 Å². The summed E-state index contributed by atoms with van der Waals surface area (Å²) in [5.41, 5.74) is 0.546. The van der Waals surface area contributed by atoms with E-state index in [9.17, 15) is 0 Å². The third kappa shape index (κ3) is 2.28. The molecule has 0 bridgehead atoms. The highest BCUT2D eigenvalue weighted by Crippen LogP contribution is 2.36. The Labute approximate surface area is 99.8 Å². The van der Waals surface area contributed by atoms with Crippen molar-refractivity contribution >= 4 is 0 Å². The second kappa shape index (κ2) is 4.30. The van der Waals surface area contributed by atoms with Gasteiger partial charge in [0.2, 0.25) is 0 Å². The number of hydrogen-bond acceptors (Lipinski definition) is 2. The molecule has 1 heterocycles. The number of hydrogen-bond donors (Lipinski definition) is 1. The highest BCUT2D eigenvalue weighted by atomic mass is 15.2. The van der Waals surface area contributed by atoms with Gasteiger partial charge in [0, 0.05) is 24.2 Å². The van der Waals surface area contributed by atoms with Crippen LogP contribution in [0.4, 0.5) is 0 Å². The minimum atomic E-state index is 0.546. The second-order valence-corrected chi connectivity index (χ2v) is 6.43. The Kier molecular flexibility index (Phi) is 2.97. The zero-order chi connectivity index (χ0) is 11.0. The average molecular weight is 222 g/mol. The van der Waals surface area contributed by atoms with E-state index in [2.05, 4.69) is 17.1 Å². The molecule has 0 aromatic carbocycles. The van der Waals surface area contributed by atoms with Crippen LogP contribution in [0.1, 0.15) is 58.3 Å². The Bertz CT molecular complexity index is 241. The maximum atomic E-state index is 3.82. The van der Waals surface area contributed by atoms with Crippen molar-refractivity contribution in [3.05, 3.63) is 0 Å². The van der Waals surface area contributed by atoms with E-state index in [0.717, 1.165) is 12.1 Å². The first-order valence-corrected chi connectivity index (χ1v) is 7.27. The van der Waals surface area contributed by atoms with Crippen LogP contribution in [-0.4, -0.2) is 35.6 Å². The molecule has 1 aliphatic heterocycles. The molecule has 0 spiro atoms. The van der Waals surface area contributed by atoms with E-state index in [1.807, 2.05) is 0 Å². The van der Waals surface area contributed by atoms with Gasteiger partial charge in [0.25, 0.3) is 0 Å². The third-order valence-corrected chi connectivity index (χ3v) is 4.91. The van der Waals surface area contributed by atoms with E-state index in [1.54, 1.807) is 0 Å². The van der Waals surface area contributed by atoms with Gasteiger partial charge in [0.1, 0.15) is 0 Å². The molecule has 3 rings (SSSR count). The third-order valence-electron chi connectivity index (χ3n) is 4.91. The lowest BCUT2D eigenvalue weighted by molar-refractivity contribution is 0.0687. The first-order chi connectivity index (χ1) is 7.76. The Balaban J connectivity index is 1.57. The molecular formula is C14H26N2. The fraction of sp³-hybridized carbons (Fsp3) is 1.00. The average Bonchev–Trinajstić information content (AvgIpc) is 2.99. The van der Waals surface area contributed by atoms with Crippen molar-refractivity contribution in [3.8, 4) is 0 Å². The standard InChI is InChI=1S/C14H26N2/c1-14(8-2-3-9-14)16-10-4-5-13(11-16)15-12-6-7-12/h12-13,15H,2-11H2,1H3. The quantitative estimate of drug-likeness (QED) is 0.789. The van der Waals surface area contributed by atoms with Gasteiger partial charge in [-0.05, 0) is 52.0 Å². The van der Waals surface area contributed by atoms with Crippen molar-refractivity contribution in [1.82, 2.24) is 10.2 Å². The summed E-state index contributed by atoms with van der Waals surface area (Å²) in [6, 6.07) is 1.67. The lowest BCUT2D eigenvalue weighted by Gasteiger charge is -2.44. The molecule has 0 amide bonds. The minimum absolute atomic E-state index is 0.546. The van der Waals surface area contributed by atoms with Crippen LogP contribution in [-0.2, 0) is 0 Å². The Morgan fingerprint density at radius 3 is 2.44 bits per heavy atom. The first kappa shape index (κ1) is 11.0. The second-order valence-electron chi connectivity index (χ2n) is 6.43. The van der Waals surface area contributed by atoms with Crippen molar-refractivity contribution in [3.63, 3.8) is 0 Å². The number of likely N-dealkylation sites (tertiary alicyclic amines) is 1. The zero-order valence-corrected chi connectivity index (χ0v) is 10.7. The molecule has 1 unspecified atom stereocenters. The SMILES string of the molecule is CC1(N2CCCC(NC3CC3)C2)CCCC1. The first-order valence-electron chi connectivity index (χ1n) is 7.27. The van der Waals surface area contributed by atoms with Crippen molar-refractivity contribution in [2.75, 3.05) is 13.1 Å². The minimum Gasteiger partial charge on any atom is -0.310 e. The van der Waals surface area contributed by atoms with Crippen LogP contribution in [0.2, 0.25) is 0 Å². The Hall–Kier alpha value is -0.0800. The fourth-order valence-electron chi connectivity index (χ4n) is 3.64. The highest BCUT2D eigenvalue weighted by Gasteiger charge is 2.38. The van der Waals surface area contributed by atoms with Gasteiger partial charge >= 0.3 is 0 Å². The Morgan fingerprint density at radius 1 is 1.00 bits per heavy atom. The maximum absolute atomic E-state index is 3.82. The van der Waals surface area contributed by atoms with Crippen LogP contribution in [0.15, 0.2) is 0 Å². The van der Waals surface area contributed by atoms with Gasteiger partial charge in [0.05, 0.1) is 0 Å². The summed E-state index contributed by atoms with van der Waals surface area (Å²) in [4.78, 5) is 2.80. The van der Waals surface area contributed by atoms with Crippen molar-refractivity contribution in [2.45, 2.75) is 75.9 Å². The molecule has 2 nitrogen and oxygen atoms in total. The van der Waals surface area contributed by atoms with E-state index in [0.29, 0.717) is 5.54 Å². The summed E-state index contributed by atoms with van der Waals surface area (Å²) in [6.07, 6.45) is 11.4. The van der Waals surface area contributed by atoms with Crippen molar-refractivity contribution in [2.24, 2.45) is 0 Å². The molecule has 3 fully saturated rings. The number of nitrogens with zero attached hydrogens (tertiary/aromatic N) is 1. The van der Waals surface area contributed by atoms with Crippen LogP contribution >= 0.6 is 0 Å². The van der Waals surface area contributed by atoms with Crippen LogP contribution in [0.25, 0.3) is 0 Å². The molecule has 0 aromatic heterocycles. The van der Waals surface area contributed by atoms with E-state index in [1.165, 1.54) is 64.5 Å². The molecule has 2 saturated carbocycles. The molecule has 1 N–H and O–H groups in total. The molecule has 16 heavy (non-hydrogen) atoms. The molecule has 1 atom stereocenters. The van der Waals surface area contributed by atoms with Gasteiger partial charge in [-0.2, -0.15) is 0 Å². The molecule has 3 aliphatic rings. The molecule has 0 radical (unpaired) electrons. The van der Waals surface area contributed by atoms with Gasteiger partial charge in [0.15, 0.2) is 0 Å². The summed E-state index contributed by atoms with van der Waals surface area (Å²) in [7, 11) is 0. The van der Waals surface area contributed by atoms with Crippen molar-refractivity contribution < 1.29 is 0 Å². The zero-order valence-electron chi connectivity index (χ0n) is 10.7. The monoisotopic (exact) mass is 222 g/mol. The molecule has 2 aliphatic carbocycles. The molecule has 1 saturated heterocycles. The van der Waals surface area contributed by atoms with E-state index < -0.39 is 0 Å². The van der Waals surface area contributed by atoms with Crippen LogP contribution in [0.3, 0.4) is 0 Å². The summed E-state index contributed by atoms with van der Waals surface area (Å²) < 4.78 is 0. The lowest BCUT2D eigenvalue weighted by Crippen LogP contribution is -2.54. The summed E-state index contributed by atoms with van der Waals surface area (Å²) in [5, 5.41) is 3.82. The predicted molar refractivity (Wildman–Crippen MR) is 67.6 cm³/mol. The van der Waals surface area contributed by atoms with Gasteiger partial charge in [-0.25, -0.2) is 0 Å². The summed E-state index contributed by atoms with van der Waals surface area (Å²) in [6.45, 7) is 5.16.